The van der Waals surface area contributed by atoms with Gasteiger partial charge in [-0.1, -0.05) is 20.3 Å². The summed E-state index contributed by atoms with van der Waals surface area (Å²) in [5.41, 5.74) is 0. The summed E-state index contributed by atoms with van der Waals surface area (Å²) in [6, 6.07) is 0. The number of unbranched alkanes of at least 4 members (excludes halogenated alkanes) is 1. The van der Waals surface area contributed by atoms with E-state index in [4.69, 9.17) is 5.11 Å². The van der Waals surface area contributed by atoms with E-state index in [-0.39, 0.29) is 11.8 Å². The molecule has 1 N–H and O–H groups in total. The average molecular weight is 267 g/mol. The highest BCUT2D eigenvalue weighted by molar-refractivity contribution is 5.71. The molecule has 1 saturated heterocycles. The third-order valence-electron chi connectivity index (χ3n) is 3.70. The van der Waals surface area contributed by atoms with Crippen LogP contribution in [0.5, 0.6) is 0 Å². The van der Waals surface area contributed by atoms with Crippen LogP contribution in [0.15, 0.2) is 0 Å². The number of hydrogen-bond acceptors (Lipinski definition) is 5. The van der Waals surface area contributed by atoms with Crippen molar-refractivity contribution in [2.45, 2.75) is 39.8 Å². The van der Waals surface area contributed by atoms with Crippen molar-refractivity contribution in [1.29, 1.82) is 0 Å². The van der Waals surface area contributed by atoms with Gasteiger partial charge < -0.3 is 5.11 Å². The molecule has 0 aromatic carbocycles. The van der Waals surface area contributed by atoms with E-state index in [1.807, 2.05) is 11.6 Å². The molecule has 19 heavy (non-hydrogen) atoms. The maximum atomic E-state index is 11.1. The summed E-state index contributed by atoms with van der Waals surface area (Å²) >= 11 is 0. The van der Waals surface area contributed by atoms with Crippen molar-refractivity contribution in [3.05, 3.63) is 5.82 Å². The van der Waals surface area contributed by atoms with E-state index in [1.54, 1.807) is 0 Å². The van der Waals surface area contributed by atoms with Gasteiger partial charge >= 0.3 is 5.97 Å². The fraction of sp³-hybridized carbons (Fsp3) is 0.833. The van der Waals surface area contributed by atoms with Crippen LogP contribution < -0.4 is 0 Å². The second-order valence-corrected chi connectivity index (χ2v) is 5.29. The van der Waals surface area contributed by atoms with Gasteiger partial charge in [-0.05, 0) is 22.8 Å². The summed E-state index contributed by atoms with van der Waals surface area (Å²) in [5.74, 6) is 0.0182. The second-order valence-electron chi connectivity index (χ2n) is 5.29. The highest BCUT2D eigenvalue weighted by atomic mass is 16.4. The first-order valence-electron chi connectivity index (χ1n) is 6.82. The number of hydrogen-bond donors (Lipinski definition) is 1. The number of carboxylic acids is 1. The highest BCUT2D eigenvalue weighted by Crippen LogP contribution is 2.24. The first kappa shape index (κ1) is 13.9. The molecular formula is C12H21N5O2. The van der Waals surface area contributed by atoms with E-state index in [9.17, 15) is 4.79 Å². The normalized spacial score (nSPS) is 23.9. The van der Waals surface area contributed by atoms with Crippen molar-refractivity contribution < 1.29 is 9.90 Å². The van der Waals surface area contributed by atoms with Gasteiger partial charge in [0.15, 0.2) is 5.82 Å². The second kappa shape index (κ2) is 6.10. The number of likely N-dealkylation sites (tertiary alicyclic amines) is 1. The number of aromatic nitrogens is 4. The van der Waals surface area contributed by atoms with Crippen molar-refractivity contribution >= 4 is 5.97 Å². The highest BCUT2D eigenvalue weighted by Gasteiger charge is 2.35. The number of aryl methyl sites for hydroxylation is 1. The predicted molar refractivity (Wildman–Crippen MR) is 68.3 cm³/mol. The standard InChI is InChI=1S/C12H21N5O2/c1-3-4-5-17-11(13-14-15-17)8-16-6-9(2)10(7-16)12(18)19/h9-10H,3-8H2,1-2H3,(H,18,19). The lowest BCUT2D eigenvalue weighted by Crippen LogP contribution is -2.25. The number of rotatable bonds is 6. The molecule has 1 fully saturated rings. The maximum absolute atomic E-state index is 11.1. The summed E-state index contributed by atoms with van der Waals surface area (Å²) in [6.45, 7) is 6.94. The van der Waals surface area contributed by atoms with Crippen LogP contribution in [0.1, 0.15) is 32.5 Å². The monoisotopic (exact) mass is 267 g/mol. The zero-order valence-corrected chi connectivity index (χ0v) is 11.5. The summed E-state index contributed by atoms with van der Waals surface area (Å²) in [4.78, 5) is 13.2. The van der Waals surface area contributed by atoms with Gasteiger partial charge in [0, 0.05) is 19.6 Å². The van der Waals surface area contributed by atoms with Gasteiger partial charge in [0.25, 0.3) is 0 Å². The Hall–Kier alpha value is -1.50. The minimum absolute atomic E-state index is 0.178. The fourth-order valence-electron chi connectivity index (χ4n) is 2.54. The summed E-state index contributed by atoms with van der Waals surface area (Å²) in [7, 11) is 0. The Morgan fingerprint density at radius 3 is 2.89 bits per heavy atom. The molecule has 7 nitrogen and oxygen atoms in total. The molecule has 0 bridgehead atoms. The third-order valence-corrected chi connectivity index (χ3v) is 3.70. The molecule has 106 valence electrons. The molecule has 2 rings (SSSR count). The lowest BCUT2D eigenvalue weighted by molar-refractivity contribution is -0.142. The van der Waals surface area contributed by atoms with Crippen LogP contribution in [0.4, 0.5) is 0 Å². The number of carboxylic acid groups (broad SMARTS) is 1. The zero-order valence-electron chi connectivity index (χ0n) is 11.5. The molecule has 7 heteroatoms. The minimum Gasteiger partial charge on any atom is -0.481 e. The van der Waals surface area contributed by atoms with Gasteiger partial charge in [0.05, 0.1) is 12.5 Å². The molecule has 0 amide bonds. The summed E-state index contributed by atoms with van der Waals surface area (Å²) in [5, 5.41) is 20.9. The topological polar surface area (TPSA) is 84.1 Å². The van der Waals surface area contributed by atoms with Gasteiger partial charge in [-0.25, -0.2) is 4.68 Å². The molecule has 0 radical (unpaired) electrons. The van der Waals surface area contributed by atoms with Gasteiger partial charge in [-0.3, -0.25) is 9.69 Å². The molecule has 0 aliphatic carbocycles. The van der Waals surface area contributed by atoms with Crippen molar-refractivity contribution in [3.63, 3.8) is 0 Å². The Kier molecular flexibility index (Phi) is 4.47. The summed E-state index contributed by atoms with van der Waals surface area (Å²) < 4.78 is 1.82. The smallest absolute Gasteiger partial charge is 0.308 e. The van der Waals surface area contributed by atoms with Crippen LogP contribution in [0.2, 0.25) is 0 Å². The molecule has 2 heterocycles. The van der Waals surface area contributed by atoms with Crippen LogP contribution in [-0.4, -0.2) is 49.3 Å². The number of aliphatic carboxylic acids is 1. The van der Waals surface area contributed by atoms with Crippen molar-refractivity contribution in [2.75, 3.05) is 13.1 Å². The van der Waals surface area contributed by atoms with Gasteiger partial charge in [-0.15, -0.1) is 5.10 Å². The van der Waals surface area contributed by atoms with E-state index in [2.05, 4.69) is 27.3 Å². The Balaban J connectivity index is 1.95. The number of carbonyl (C=O) groups is 1. The number of tetrazole rings is 1. The molecule has 2 atom stereocenters. The van der Waals surface area contributed by atoms with E-state index >= 15 is 0 Å². The molecule has 1 aromatic heterocycles. The average Bonchev–Trinajstić information content (AvgIpc) is 2.94. The molecule has 0 spiro atoms. The predicted octanol–water partition coefficient (Wildman–Crippen LogP) is 0.626. The van der Waals surface area contributed by atoms with Crippen LogP contribution in [-0.2, 0) is 17.9 Å². The van der Waals surface area contributed by atoms with Gasteiger partial charge in [-0.2, -0.15) is 0 Å². The number of nitrogens with zero attached hydrogens (tertiary/aromatic N) is 5. The van der Waals surface area contributed by atoms with Crippen molar-refractivity contribution in [1.82, 2.24) is 25.1 Å². The lowest BCUT2D eigenvalue weighted by Gasteiger charge is -2.14. The van der Waals surface area contributed by atoms with Crippen LogP contribution >= 0.6 is 0 Å². The maximum Gasteiger partial charge on any atom is 0.308 e. The third kappa shape index (κ3) is 3.28. The Bertz CT molecular complexity index is 434. The zero-order chi connectivity index (χ0) is 13.8. The van der Waals surface area contributed by atoms with E-state index < -0.39 is 5.97 Å². The van der Waals surface area contributed by atoms with E-state index in [0.717, 1.165) is 31.8 Å². The Labute approximate surface area is 112 Å². The lowest BCUT2D eigenvalue weighted by atomic mass is 9.99. The first-order valence-corrected chi connectivity index (χ1v) is 6.82. The van der Waals surface area contributed by atoms with E-state index in [1.165, 1.54) is 0 Å². The molecule has 2 unspecified atom stereocenters. The van der Waals surface area contributed by atoms with Crippen LogP contribution in [0, 0.1) is 11.8 Å². The minimum atomic E-state index is -0.708. The molecule has 1 aliphatic rings. The van der Waals surface area contributed by atoms with Crippen molar-refractivity contribution in [2.24, 2.45) is 11.8 Å². The Morgan fingerprint density at radius 1 is 1.47 bits per heavy atom. The van der Waals surface area contributed by atoms with Gasteiger partial charge in [0.2, 0.25) is 0 Å². The quantitative estimate of drug-likeness (QED) is 0.813. The summed E-state index contributed by atoms with van der Waals surface area (Å²) in [6.07, 6.45) is 2.15. The first-order chi connectivity index (χ1) is 9.11. The van der Waals surface area contributed by atoms with Crippen molar-refractivity contribution in [3.8, 4) is 0 Å². The van der Waals surface area contributed by atoms with Crippen LogP contribution in [0.25, 0.3) is 0 Å². The molecule has 0 saturated carbocycles. The molecule has 1 aromatic rings. The fourth-order valence-corrected chi connectivity index (χ4v) is 2.54. The largest absolute Gasteiger partial charge is 0.481 e. The van der Waals surface area contributed by atoms with Gasteiger partial charge in [0.1, 0.15) is 0 Å². The Morgan fingerprint density at radius 2 is 2.26 bits per heavy atom. The SMILES string of the molecule is CCCCn1nnnc1CN1CC(C)C(C(=O)O)C1. The van der Waals surface area contributed by atoms with E-state index in [0.29, 0.717) is 13.1 Å². The van der Waals surface area contributed by atoms with Crippen LogP contribution in [0.3, 0.4) is 0 Å². The molecule has 1 aliphatic heterocycles. The molecular weight excluding hydrogens is 246 g/mol.